The molecule has 1 aromatic carbocycles. The van der Waals surface area contributed by atoms with Gasteiger partial charge in [0.15, 0.2) is 5.11 Å². The SMILES string of the molecule is NC(=S)NN1C(=O)CSC1c1ccccc1. The Morgan fingerprint density at radius 3 is 2.81 bits per heavy atom. The summed E-state index contributed by atoms with van der Waals surface area (Å²) >= 11 is 6.30. The number of carbonyl (C=O) groups excluding carboxylic acids is 1. The number of benzene rings is 1. The van der Waals surface area contributed by atoms with Crippen LogP contribution in [0.25, 0.3) is 0 Å². The lowest BCUT2D eigenvalue weighted by molar-refractivity contribution is -0.129. The highest BCUT2D eigenvalue weighted by atomic mass is 32.2. The third-order valence-corrected chi connectivity index (χ3v) is 3.49. The first-order valence-corrected chi connectivity index (χ1v) is 6.19. The molecule has 1 saturated heterocycles. The Bertz CT molecular complexity index is 410. The molecule has 1 unspecified atom stereocenters. The molecule has 0 bridgehead atoms. The zero-order valence-electron chi connectivity index (χ0n) is 8.42. The predicted molar refractivity (Wildman–Crippen MR) is 68.4 cm³/mol. The molecule has 2 rings (SSSR count). The van der Waals surface area contributed by atoms with Crippen molar-refractivity contribution in [1.82, 2.24) is 10.4 Å². The number of thioether (sulfide) groups is 1. The molecule has 1 fully saturated rings. The van der Waals surface area contributed by atoms with Crippen LogP contribution in [0.3, 0.4) is 0 Å². The summed E-state index contributed by atoms with van der Waals surface area (Å²) in [6, 6.07) is 9.78. The average molecular weight is 253 g/mol. The van der Waals surface area contributed by atoms with Crippen LogP contribution in [0.2, 0.25) is 0 Å². The molecule has 1 heterocycles. The average Bonchev–Trinajstić information content (AvgIpc) is 2.61. The minimum Gasteiger partial charge on any atom is -0.375 e. The maximum atomic E-state index is 11.6. The normalized spacial score (nSPS) is 19.9. The molecule has 0 radical (unpaired) electrons. The van der Waals surface area contributed by atoms with Crippen LogP contribution in [0.4, 0.5) is 0 Å². The number of nitrogens with zero attached hydrogens (tertiary/aromatic N) is 1. The number of carbonyl (C=O) groups is 1. The van der Waals surface area contributed by atoms with Crippen molar-refractivity contribution in [2.45, 2.75) is 5.37 Å². The summed E-state index contributed by atoms with van der Waals surface area (Å²) in [4.78, 5) is 11.6. The van der Waals surface area contributed by atoms with Gasteiger partial charge in [-0.05, 0) is 17.8 Å². The van der Waals surface area contributed by atoms with Gasteiger partial charge in [-0.2, -0.15) is 0 Å². The van der Waals surface area contributed by atoms with Gasteiger partial charge in [0, 0.05) is 0 Å². The van der Waals surface area contributed by atoms with Gasteiger partial charge in [-0.3, -0.25) is 10.2 Å². The summed E-state index contributed by atoms with van der Waals surface area (Å²) in [6.07, 6.45) is 0. The number of hydrogen-bond donors (Lipinski definition) is 2. The maximum Gasteiger partial charge on any atom is 0.252 e. The first-order chi connectivity index (χ1) is 7.68. The highest BCUT2D eigenvalue weighted by molar-refractivity contribution is 8.00. The van der Waals surface area contributed by atoms with Gasteiger partial charge in [0.2, 0.25) is 0 Å². The van der Waals surface area contributed by atoms with Gasteiger partial charge >= 0.3 is 0 Å². The van der Waals surface area contributed by atoms with Crippen LogP contribution in [0.1, 0.15) is 10.9 Å². The van der Waals surface area contributed by atoms with Gasteiger partial charge in [0.1, 0.15) is 5.37 Å². The van der Waals surface area contributed by atoms with Crippen LogP contribution in [0.5, 0.6) is 0 Å². The summed E-state index contributed by atoms with van der Waals surface area (Å²) in [5, 5.41) is 1.54. The van der Waals surface area contributed by atoms with Crippen molar-refractivity contribution in [2.75, 3.05) is 5.75 Å². The van der Waals surface area contributed by atoms with E-state index in [1.807, 2.05) is 30.3 Å². The molecule has 84 valence electrons. The number of hydrogen-bond acceptors (Lipinski definition) is 3. The van der Waals surface area contributed by atoms with Crippen LogP contribution in [0.15, 0.2) is 30.3 Å². The molecular formula is C10H11N3OS2. The summed E-state index contributed by atoms with van der Waals surface area (Å²) in [5.41, 5.74) is 9.16. The van der Waals surface area contributed by atoms with Crippen LogP contribution < -0.4 is 11.2 Å². The highest BCUT2D eigenvalue weighted by Crippen LogP contribution is 2.36. The summed E-state index contributed by atoms with van der Waals surface area (Å²) < 4.78 is 0. The molecule has 0 saturated carbocycles. The minimum absolute atomic E-state index is 0.00773. The molecule has 3 N–H and O–H groups in total. The smallest absolute Gasteiger partial charge is 0.252 e. The quantitative estimate of drug-likeness (QED) is 0.770. The van der Waals surface area contributed by atoms with E-state index in [0.29, 0.717) is 5.75 Å². The second-order valence-electron chi connectivity index (χ2n) is 3.31. The Morgan fingerprint density at radius 2 is 2.19 bits per heavy atom. The molecule has 1 atom stereocenters. The van der Waals surface area contributed by atoms with E-state index in [4.69, 9.17) is 18.0 Å². The van der Waals surface area contributed by atoms with Crippen molar-refractivity contribution < 1.29 is 4.79 Å². The van der Waals surface area contributed by atoms with Crippen LogP contribution in [-0.2, 0) is 4.79 Å². The second-order valence-corrected chi connectivity index (χ2v) is 4.82. The monoisotopic (exact) mass is 253 g/mol. The van der Waals surface area contributed by atoms with Crippen molar-refractivity contribution >= 4 is 35.0 Å². The molecule has 1 aliphatic heterocycles. The number of amides is 1. The zero-order chi connectivity index (χ0) is 11.5. The molecule has 1 aromatic rings. The molecule has 1 aliphatic rings. The van der Waals surface area contributed by atoms with Gasteiger partial charge in [-0.1, -0.05) is 30.3 Å². The molecule has 0 aromatic heterocycles. The number of nitrogens with two attached hydrogens (primary N) is 1. The molecule has 0 spiro atoms. The zero-order valence-corrected chi connectivity index (χ0v) is 10.1. The number of rotatable bonds is 2. The standard InChI is InChI=1S/C10H11N3OS2/c11-10(15)12-13-8(14)6-16-9(13)7-4-2-1-3-5-7/h1-5,9H,6H2,(H3,11,12,15). The number of nitrogens with one attached hydrogen (secondary N) is 1. The van der Waals surface area contributed by atoms with Gasteiger partial charge in [0.25, 0.3) is 5.91 Å². The highest BCUT2D eigenvalue weighted by Gasteiger charge is 2.33. The molecule has 0 aliphatic carbocycles. The third kappa shape index (κ3) is 2.28. The maximum absolute atomic E-state index is 11.6. The largest absolute Gasteiger partial charge is 0.375 e. The van der Waals surface area contributed by atoms with Crippen molar-refractivity contribution in [3.8, 4) is 0 Å². The fourth-order valence-electron chi connectivity index (χ4n) is 1.53. The van der Waals surface area contributed by atoms with E-state index in [9.17, 15) is 4.79 Å². The lowest BCUT2D eigenvalue weighted by atomic mass is 10.2. The first-order valence-electron chi connectivity index (χ1n) is 4.73. The van der Waals surface area contributed by atoms with Gasteiger partial charge in [-0.15, -0.1) is 11.8 Å². The minimum atomic E-state index is -0.0600. The van der Waals surface area contributed by atoms with Crippen LogP contribution >= 0.6 is 24.0 Å². The topological polar surface area (TPSA) is 58.4 Å². The lowest BCUT2D eigenvalue weighted by Crippen LogP contribution is -2.46. The Hall–Kier alpha value is -1.27. The van der Waals surface area contributed by atoms with E-state index >= 15 is 0 Å². The van der Waals surface area contributed by atoms with Gasteiger partial charge in [-0.25, -0.2) is 5.01 Å². The van der Waals surface area contributed by atoms with E-state index in [2.05, 4.69) is 5.43 Å². The molecule has 6 heteroatoms. The van der Waals surface area contributed by atoms with E-state index in [-0.39, 0.29) is 16.4 Å². The Labute approximate surface area is 103 Å². The van der Waals surface area contributed by atoms with Crippen molar-refractivity contribution in [1.29, 1.82) is 0 Å². The van der Waals surface area contributed by atoms with Crippen molar-refractivity contribution in [3.05, 3.63) is 35.9 Å². The summed E-state index contributed by atoms with van der Waals surface area (Å²) in [7, 11) is 0. The molecule has 16 heavy (non-hydrogen) atoms. The predicted octanol–water partition coefficient (Wildman–Crippen LogP) is 1.01. The fraction of sp³-hybridized carbons (Fsp3) is 0.200. The van der Waals surface area contributed by atoms with Crippen LogP contribution in [-0.4, -0.2) is 21.8 Å². The van der Waals surface area contributed by atoms with Crippen molar-refractivity contribution in [3.63, 3.8) is 0 Å². The van der Waals surface area contributed by atoms with Gasteiger partial charge < -0.3 is 5.73 Å². The van der Waals surface area contributed by atoms with E-state index in [1.165, 1.54) is 5.01 Å². The summed E-state index contributed by atoms with van der Waals surface area (Å²) in [6.45, 7) is 0. The summed E-state index contributed by atoms with van der Waals surface area (Å²) in [5.74, 6) is 0.432. The van der Waals surface area contributed by atoms with E-state index in [0.717, 1.165) is 5.56 Å². The van der Waals surface area contributed by atoms with E-state index in [1.54, 1.807) is 11.8 Å². The number of hydrazine groups is 1. The number of thiocarbonyl (C=S) groups is 1. The van der Waals surface area contributed by atoms with Crippen LogP contribution in [0, 0.1) is 0 Å². The Balaban J connectivity index is 2.21. The van der Waals surface area contributed by atoms with Gasteiger partial charge in [0.05, 0.1) is 5.75 Å². The second kappa shape index (κ2) is 4.71. The fourth-order valence-corrected chi connectivity index (χ4v) is 2.73. The molecule has 1 amide bonds. The third-order valence-electron chi connectivity index (χ3n) is 2.18. The molecule has 4 nitrogen and oxygen atoms in total. The Kier molecular flexibility index (Phi) is 3.31. The van der Waals surface area contributed by atoms with Crippen molar-refractivity contribution in [2.24, 2.45) is 5.73 Å². The lowest BCUT2D eigenvalue weighted by Gasteiger charge is -2.24. The first kappa shape index (κ1) is 11.2. The molecular weight excluding hydrogens is 242 g/mol. The Morgan fingerprint density at radius 1 is 1.50 bits per heavy atom. The van der Waals surface area contributed by atoms with E-state index < -0.39 is 0 Å².